The van der Waals surface area contributed by atoms with Crippen molar-refractivity contribution in [3.63, 3.8) is 0 Å². The molecule has 1 aromatic rings. The van der Waals surface area contributed by atoms with Gasteiger partial charge in [0.1, 0.15) is 0 Å². The Labute approximate surface area is 133 Å². The Bertz CT molecular complexity index is 525. The molecule has 0 radical (unpaired) electrons. The summed E-state index contributed by atoms with van der Waals surface area (Å²) in [6.07, 6.45) is 5.27. The molecule has 1 aromatic carbocycles. The number of rotatable bonds is 4. The van der Waals surface area contributed by atoms with Gasteiger partial charge in [-0.3, -0.25) is 4.79 Å². The number of nitrogens with two attached hydrogens (primary N) is 1. The van der Waals surface area contributed by atoms with Crippen LogP contribution in [0.5, 0.6) is 0 Å². The second-order valence-electron chi connectivity index (χ2n) is 6.79. The summed E-state index contributed by atoms with van der Waals surface area (Å²) in [5.41, 5.74) is 8.37. The molecule has 120 valence electrons. The highest BCUT2D eigenvalue weighted by molar-refractivity contribution is 5.79. The SMILES string of the molecule is CC(NC(=O)C1CCC(N)C1)c1cccc(N2CCCC2)c1. The highest BCUT2D eigenvalue weighted by atomic mass is 16.1. The highest BCUT2D eigenvalue weighted by Crippen LogP contribution is 2.27. The zero-order chi connectivity index (χ0) is 15.5. The average molecular weight is 301 g/mol. The maximum absolute atomic E-state index is 12.3. The molecule has 1 heterocycles. The number of amides is 1. The van der Waals surface area contributed by atoms with E-state index in [1.165, 1.54) is 24.1 Å². The number of hydrogen-bond donors (Lipinski definition) is 2. The Morgan fingerprint density at radius 3 is 2.77 bits per heavy atom. The van der Waals surface area contributed by atoms with Crippen LogP contribution >= 0.6 is 0 Å². The quantitative estimate of drug-likeness (QED) is 0.898. The van der Waals surface area contributed by atoms with Crippen molar-refractivity contribution in [1.82, 2.24) is 5.32 Å². The topological polar surface area (TPSA) is 58.4 Å². The fraction of sp³-hybridized carbons (Fsp3) is 0.611. The van der Waals surface area contributed by atoms with Gasteiger partial charge in [0.25, 0.3) is 0 Å². The third kappa shape index (κ3) is 3.43. The fourth-order valence-corrected chi connectivity index (χ4v) is 3.64. The number of benzene rings is 1. The molecule has 1 saturated carbocycles. The maximum atomic E-state index is 12.3. The first kappa shape index (κ1) is 15.3. The number of nitrogens with one attached hydrogen (secondary N) is 1. The van der Waals surface area contributed by atoms with Gasteiger partial charge in [0.15, 0.2) is 0 Å². The molecular weight excluding hydrogens is 274 g/mol. The fourth-order valence-electron chi connectivity index (χ4n) is 3.64. The van der Waals surface area contributed by atoms with Crippen LogP contribution in [0.25, 0.3) is 0 Å². The lowest BCUT2D eigenvalue weighted by Gasteiger charge is -2.21. The van der Waals surface area contributed by atoms with E-state index in [1.54, 1.807) is 0 Å². The molecule has 1 aliphatic carbocycles. The summed E-state index contributed by atoms with van der Waals surface area (Å²) in [6, 6.07) is 8.83. The Balaban J connectivity index is 1.63. The number of hydrogen-bond acceptors (Lipinski definition) is 3. The van der Waals surface area contributed by atoms with Crippen molar-refractivity contribution >= 4 is 11.6 Å². The van der Waals surface area contributed by atoms with Gasteiger partial charge in [-0.1, -0.05) is 12.1 Å². The minimum Gasteiger partial charge on any atom is -0.372 e. The number of anilines is 1. The van der Waals surface area contributed by atoms with Gasteiger partial charge in [-0.2, -0.15) is 0 Å². The first-order valence-corrected chi connectivity index (χ1v) is 8.54. The molecule has 2 aliphatic rings. The molecule has 22 heavy (non-hydrogen) atoms. The van der Waals surface area contributed by atoms with Crippen LogP contribution in [0.15, 0.2) is 24.3 Å². The molecule has 3 rings (SSSR count). The smallest absolute Gasteiger partial charge is 0.223 e. The van der Waals surface area contributed by atoms with Crippen molar-refractivity contribution in [3.05, 3.63) is 29.8 Å². The molecule has 3 unspecified atom stereocenters. The Hall–Kier alpha value is -1.55. The Kier molecular flexibility index (Phi) is 4.67. The first-order chi connectivity index (χ1) is 10.6. The molecular formula is C18H27N3O. The predicted octanol–water partition coefficient (Wildman–Crippen LogP) is 2.59. The van der Waals surface area contributed by atoms with E-state index in [2.05, 4.69) is 41.4 Å². The van der Waals surface area contributed by atoms with Crippen molar-refractivity contribution in [2.24, 2.45) is 11.7 Å². The lowest BCUT2D eigenvalue weighted by Crippen LogP contribution is -2.32. The average Bonchev–Trinajstić information content (AvgIpc) is 3.18. The minimum absolute atomic E-state index is 0.0480. The highest BCUT2D eigenvalue weighted by Gasteiger charge is 2.28. The van der Waals surface area contributed by atoms with E-state index in [4.69, 9.17) is 5.73 Å². The predicted molar refractivity (Wildman–Crippen MR) is 89.8 cm³/mol. The second-order valence-corrected chi connectivity index (χ2v) is 6.79. The first-order valence-electron chi connectivity index (χ1n) is 8.54. The van der Waals surface area contributed by atoms with Gasteiger partial charge in [0, 0.05) is 30.7 Å². The summed E-state index contributed by atoms with van der Waals surface area (Å²) in [5, 5.41) is 3.16. The second kappa shape index (κ2) is 6.69. The van der Waals surface area contributed by atoms with Crippen molar-refractivity contribution in [2.45, 2.75) is 51.1 Å². The lowest BCUT2D eigenvalue weighted by atomic mass is 10.0. The van der Waals surface area contributed by atoms with Crippen LogP contribution in [0.1, 0.15) is 50.6 Å². The van der Waals surface area contributed by atoms with Gasteiger partial charge in [-0.25, -0.2) is 0 Å². The maximum Gasteiger partial charge on any atom is 0.223 e. The molecule has 2 fully saturated rings. The van der Waals surface area contributed by atoms with Crippen molar-refractivity contribution in [1.29, 1.82) is 0 Å². The molecule has 4 heteroatoms. The van der Waals surface area contributed by atoms with E-state index in [0.29, 0.717) is 0 Å². The molecule has 1 aliphatic heterocycles. The van der Waals surface area contributed by atoms with Gasteiger partial charge >= 0.3 is 0 Å². The lowest BCUT2D eigenvalue weighted by molar-refractivity contribution is -0.125. The normalized spacial score (nSPS) is 26.2. The van der Waals surface area contributed by atoms with Crippen LogP contribution in [-0.4, -0.2) is 25.0 Å². The number of carbonyl (C=O) groups excluding carboxylic acids is 1. The van der Waals surface area contributed by atoms with Crippen LogP contribution in [-0.2, 0) is 4.79 Å². The largest absolute Gasteiger partial charge is 0.372 e. The summed E-state index contributed by atoms with van der Waals surface area (Å²) in [7, 11) is 0. The molecule has 0 spiro atoms. The van der Waals surface area contributed by atoms with E-state index in [0.717, 1.165) is 32.4 Å². The molecule has 3 N–H and O–H groups in total. The van der Waals surface area contributed by atoms with E-state index >= 15 is 0 Å². The van der Waals surface area contributed by atoms with Crippen LogP contribution in [0.3, 0.4) is 0 Å². The molecule has 3 atom stereocenters. The van der Waals surface area contributed by atoms with E-state index in [9.17, 15) is 4.79 Å². The summed E-state index contributed by atoms with van der Waals surface area (Å²) in [6.45, 7) is 4.35. The van der Waals surface area contributed by atoms with E-state index in [-0.39, 0.29) is 23.9 Å². The summed E-state index contributed by atoms with van der Waals surface area (Å²) >= 11 is 0. The number of carbonyl (C=O) groups is 1. The Morgan fingerprint density at radius 2 is 2.09 bits per heavy atom. The van der Waals surface area contributed by atoms with Crippen LogP contribution in [0.4, 0.5) is 5.69 Å². The Morgan fingerprint density at radius 1 is 1.32 bits per heavy atom. The summed E-state index contributed by atoms with van der Waals surface area (Å²) in [5.74, 6) is 0.256. The monoisotopic (exact) mass is 301 g/mol. The van der Waals surface area contributed by atoms with E-state index in [1.807, 2.05) is 0 Å². The van der Waals surface area contributed by atoms with Gasteiger partial charge in [0.05, 0.1) is 6.04 Å². The zero-order valence-corrected chi connectivity index (χ0v) is 13.4. The molecule has 0 aromatic heterocycles. The van der Waals surface area contributed by atoms with Crippen molar-refractivity contribution in [3.8, 4) is 0 Å². The van der Waals surface area contributed by atoms with Gasteiger partial charge < -0.3 is 16.0 Å². The summed E-state index contributed by atoms with van der Waals surface area (Å²) < 4.78 is 0. The van der Waals surface area contributed by atoms with Gasteiger partial charge in [-0.15, -0.1) is 0 Å². The molecule has 1 amide bonds. The minimum atomic E-state index is 0.0480. The van der Waals surface area contributed by atoms with Crippen molar-refractivity contribution < 1.29 is 4.79 Å². The molecule has 0 bridgehead atoms. The van der Waals surface area contributed by atoms with Gasteiger partial charge in [-0.05, 0) is 56.7 Å². The molecule has 1 saturated heterocycles. The number of nitrogens with zero attached hydrogens (tertiary/aromatic N) is 1. The van der Waals surface area contributed by atoms with E-state index < -0.39 is 0 Å². The zero-order valence-electron chi connectivity index (χ0n) is 13.4. The van der Waals surface area contributed by atoms with Crippen molar-refractivity contribution in [2.75, 3.05) is 18.0 Å². The van der Waals surface area contributed by atoms with Gasteiger partial charge in [0.2, 0.25) is 5.91 Å². The van der Waals surface area contributed by atoms with Crippen LogP contribution in [0.2, 0.25) is 0 Å². The summed E-state index contributed by atoms with van der Waals surface area (Å²) in [4.78, 5) is 14.8. The molecule has 4 nitrogen and oxygen atoms in total. The third-order valence-electron chi connectivity index (χ3n) is 5.04. The third-order valence-corrected chi connectivity index (χ3v) is 5.04. The van der Waals surface area contributed by atoms with Crippen LogP contribution in [0, 0.1) is 5.92 Å². The van der Waals surface area contributed by atoms with Crippen LogP contribution < -0.4 is 16.0 Å². The standard InChI is InChI=1S/C18H27N3O/c1-13(20-18(22)15-7-8-16(19)11-15)14-5-4-6-17(12-14)21-9-2-3-10-21/h4-6,12-13,15-16H,2-3,7-11,19H2,1H3,(H,20,22).